The second kappa shape index (κ2) is 4.56. The highest BCUT2D eigenvalue weighted by molar-refractivity contribution is 7.13. The first-order chi connectivity index (χ1) is 8.35. The van der Waals surface area contributed by atoms with Crippen molar-refractivity contribution in [2.75, 3.05) is 5.32 Å². The summed E-state index contributed by atoms with van der Waals surface area (Å²) >= 11 is 1.34. The molecule has 98 valence electrons. The average molecular weight is 269 g/mol. The summed E-state index contributed by atoms with van der Waals surface area (Å²) in [6.07, 6.45) is 0.468. The van der Waals surface area contributed by atoms with Crippen molar-refractivity contribution in [3.63, 3.8) is 0 Å². The van der Waals surface area contributed by atoms with Gasteiger partial charge in [-0.3, -0.25) is 5.32 Å². The number of hydrogen-bond donors (Lipinski definition) is 2. The Kier molecular flexibility index (Phi) is 3.25. The smallest absolute Gasteiger partial charge is 0.329 e. The molecule has 0 spiro atoms. The Balaban J connectivity index is 1.90. The number of aryl methyl sites for hydroxylation is 1. The Morgan fingerprint density at radius 1 is 1.61 bits per heavy atom. The minimum absolute atomic E-state index is 0.398. The van der Waals surface area contributed by atoms with Crippen LogP contribution in [-0.2, 0) is 9.53 Å². The molecule has 0 radical (unpaired) electrons. The van der Waals surface area contributed by atoms with E-state index in [9.17, 15) is 9.59 Å². The zero-order valence-corrected chi connectivity index (χ0v) is 11.3. The number of nitrogens with one attached hydrogen (secondary N) is 2. The van der Waals surface area contributed by atoms with E-state index in [2.05, 4.69) is 15.6 Å². The standard InChI is InChI=1S/C11H15N3O3S/c1-6-5-18-10(12-6)14-9(16)13-7-4-11(2,3)17-8(7)15/h5,7H,4H2,1-3H3,(H2,12,13,14,16). The molecule has 1 atom stereocenters. The number of nitrogens with zero attached hydrogens (tertiary/aromatic N) is 1. The van der Waals surface area contributed by atoms with Gasteiger partial charge in [0.25, 0.3) is 0 Å². The summed E-state index contributed by atoms with van der Waals surface area (Å²) in [6, 6.07) is -1.04. The van der Waals surface area contributed by atoms with Gasteiger partial charge in [0.05, 0.1) is 5.69 Å². The normalized spacial score (nSPS) is 21.5. The summed E-state index contributed by atoms with van der Waals surface area (Å²) < 4.78 is 5.12. The first kappa shape index (κ1) is 12.8. The molecule has 7 heteroatoms. The molecule has 2 N–H and O–H groups in total. The van der Waals surface area contributed by atoms with Gasteiger partial charge in [0.2, 0.25) is 0 Å². The lowest BCUT2D eigenvalue weighted by Crippen LogP contribution is -2.40. The Morgan fingerprint density at radius 3 is 2.83 bits per heavy atom. The average Bonchev–Trinajstić information content (AvgIpc) is 2.71. The van der Waals surface area contributed by atoms with Crippen molar-refractivity contribution in [2.24, 2.45) is 0 Å². The van der Waals surface area contributed by atoms with E-state index in [-0.39, 0.29) is 0 Å². The van der Waals surface area contributed by atoms with Crippen LogP contribution in [-0.4, -0.2) is 28.6 Å². The van der Waals surface area contributed by atoms with E-state index in [1.165, 1.54) is 11.3 Å². The number of amides is 2. The van der Waals surface area contributed by atoms with Crippen molar-refractivity contribution < 1.29 is 14.3 Å². The lowest BCUT2D eigenvalue weighted by atomic mass is 10.0. The van der Waals surface area contributed by atoms with Crippen molar-refractivity contribution in [1.29, 1.82) is 0 Å². The van der Waals surface area contributed by atoms with Gasteiger partial charge in [0, 0.05) is 11.8 Å². The SMILES string of the molecule is Cc1csc(NC(=O)NC2CC(C)(C)OC2=O)n1. The second-order valence-corrected chi connectivity index (χ2v) is 5.69. The Morgan fingerprint density at radius 2 is 2.33 bits per heavy atom. The third-order valence-corrected chi connectivity index (χ3v) is 3.38. The van der Waals surface area contributed by atoms with Crippen LogP contribution in [0.4, 0.5) is 9.93 Å². The number of carbonyl (C=O) groups excluding carboxylic acids is 2. The molecule has 6 nitrogen and oxygen atoms in total. The molecule has 0 saturated carbocycles. The van der Waals surface area contributed by atoms with Gasteiger partial charge in [-0.2, -0.15) is 0 Å². The van der Waals surface area contributed by atoms with Crippen LogP contribution in [0.5, 0.6) is 0 Å². The summed E-state index contributed by atoms with van der Waals surface area (Å²) in [4.78, 5) is 27.3. The first-order valence-corrected chi connectivity index (χ1v) is 6.46. The minimum Gasteiger partial charge on any atom is -0.458 e. The minimum atomic E-state index is -0.596. The van der Waals surface area contributed by atoms with Crippen LogP contribution in [0.25, 0.3) is 0 Å². The highest BCUT2D eigenvalue weighted by Gasteiger charge is 2.40. The number of cyclic esters (lactones) is 1. The van der Waals surface area contributed by atoms with Crippen LogP contribution >= 0.6 is 11.3 Å². The van der Waals surface area contributed by atoms with Gasteiger partial charge in [-0.25, -0.2) is 14.6 Å². The quantitative estimate of drug-likeness (QED) is 0.800. The van der Waals surface area contributed by atoms with Crippen LogP contribution in [0.2, 0.25) is 0 Å². The number of rotatable bonds is 2. The van der Waals surface area contributed by atoms with Crippen LogP contribution in [0.15, 0.2) is 5.38 Å². The monoisotopic (exact) mass is 269 g/mol. The van der Waals surface area contributed by atoms with Gasteiger partial charge in [-0.05, 0) is 20.8 Å². The molecule has 1 aliphatic rings. The number of urea groups is 1. The van der Waals surface area contributed by atoms with Crippen LogP contribution in [0, 0.1) is 6.92 Å². The van der Waals surface area contributed by atoms with E-state index >= 15 is 0 Å². The summed E-state index contributed by atoms with van der Waals surface area (Å²) in [5, 5.41) is 7.52. The maximum Gasteiger partial charge on any atom is 0.329 e. The molecule has 0 aromatic carbocycles. The number of ether oxygens (including phenoxy) is 1. The van der Waals surface area contributed by atoms with Gasteiger partial charge >= 0.3 is 12.0 Å². The van der Waals surface area contributed by atoms with Gasteiger partial charge in [-0.15, -0.1) is 11.3 Å². The fraction of sp³-hybridized carbons (Fsp3) is 0.545. The molecule has 0 aliphatic carbocycles. The second-order valence-electron chi connectivity index (χ2n) is 4.83. The molecule has 2 rings (SSSR count). The van der Waals surface area contributed by atoms with Gasteiger partial charge < -0.3 is 10.1 Å². The fourth-order valence-electron chi connectivity index (χ4n) is 1.77. The molecule has 1 unspecified atom stereocenters. The van der Waals surface area contributed by atoms with E-state index in [4.69, 9.17) is 4.74 Å². The Bertz CT molecular complexity index is 484. The molecule has 1 aliphatic heterocycles. The Labute approximate surface area is 109 Å². The summed E-state index contributed by atoms with van der Waals surface area (Å²) in [5.41, 5.74) is 0.323. The third-order valence-electron chi connectivity index (χ3n) is 2.50. The van der Waals surface area contributed by atoms with Crippen molar-refractivity contribution in [1.82, 2.24) is 10.3 Å². The lowest BCUT2D eigenvalue weighted by Gasteiger charge is -2.14. The summed E-state index contributed by atoms with van der Waals surface area (Å²) in [7, 11) is 0. The molecule has 1 aromatic rings. The molecular weight excluding hydrogens is 254 g/mol. The highest BCUT2D eigenvalue weighted by atomic mass is 32.1. The van der Waals surface area contributed by atoms with Crippen LogP contribution in [0.1, 0.15) is 26.0 Å². The molecule has 1 fully saturated rings. The highest BCUT2D eigenvalue weighted by Crippen LogP contribution is 2.25. The van der Waals surface area contributed by atoms with Gasteiger partial charge in [-0.1, -0.05) is 0 Å². The largest absolute Gasteiger partial charge is 0.458 e. The maximum atomic E-state index is 11.7. The maximum absolute atomic E-state index is 11.7. The van der Waals surface area contributed by atoms with E-state index in [1.54, 1.807) is 0 Å². The molecule has 1 aromatic heterocycles. The molecule has 18 heavy (non-hydrogen) atoms. The Hall–Kier alpha value is -1.63. The number of esters is 1. The predicted octanol–water partition coefficient (Wildman–Crippen LogP) is 1.67. The van der Waals surface area contributed by atoms with Crippen LogP contribution in [0.3, 0.4) is 0 Å². The lowest BCUT2D eigenvalue weighted by molar-refractivity contribution is -0.147. The van der Waals surface area contributed by atoms with E-state index in [1.807, 2.05) is 26.2 Å². The number of aromatic nitrogens is 1. The van der Waals surface area contributed by atoms with Gasteiger partial charge in [0.1, 0.15) is 11.6 Å². The van der Waals surface area contributed by atoms with Gasteiger partial charge in [0.15, 0.2) is 5.13 Å². The number of anilines is 1. The van der Waals surface area contributed by atoms with E-state index < -0.39 is 23.6 Å². The zero-order valence-electron chi connectivity index (χ0n) is 10.4. The van der Waals surface area contributed by atoms with Crippen molar-refractivity contribution in [3.8, 4) is 0 Å². The predicted molar refractivity (Wildman–Crippen MR) is 67.6 cm³/mol. The van der Waals surface area contributed by atoms with Crippen LogP contribution < -0.4 is 10.6 Å². The van der Waals surface area contributed by atoms with Crippen molar-refractivity contribution in [2.45, 2.75) is 38.8 Å². The third kappa shape index (κ3) is 2.98. The molecule has 2 amide bonds. The topological polar surface area (TPSA) is 80.3 Å². The fourth-order valence-corrected chi connectivity index (χ4v) is 2.46. The zero-order chi connectivity index (χ0) is 13.3. The molecule has 0 bridgehead atoms. The summed E-state index contributed by atoms with van der Waals surface area (Å²) in [5.74, 6) is -0.398. The molecule has 2 heterocycles. The number of hydrogen-bond acceptors (Lipinski definition) is 5. The van der Waals surface area contributed by atoms with Crippen molar-refractivity contribution in [3.05, 3.63) is 11.1 Å². The molecular formula is C11H15N3O3S. The first-order valence-electron chi connectivity index (χ1n) is 5.58. The van der Waals surface area contributed by atoms with E-state index in [0.717, 1.165) is 5.69 Å². The van der Waals surface area contributed by atoms with E-state index in [0.29, 0.717) is 11.6 Å². The number of thiazole rings is 1. The summed E-state index contributed by atoms with van der Waals surface area (Å²) in [6.45, 7) is 5.47. The number of carbonyl (C=O) groups is 2. The van der Waals surface area contributed by atoms with Crippen molar-refractivity contribution >= 4 is 28.5 Å². The molecule has 1 saturated heterocycles.